The van der Waals surface area contributed by atoms with Crippen molar-refractivity contribution < 1.29 is 14.6 Å². The van der Waals surface area contributed by atoms with Crippen molar-refractivity contribution in [3.8, 4) is 11.5 Å². The number of phenols is 1. The number of carbonyl (C=O) groups is 1. The first-order valence-corrected chi connectivity index (χ1v) is 4.78. The summed E-state index contributed by atoms with van der Waals surface area (Å²) in [5.74, 6) is -0.0142. The number of phenolic OH excluding ortho intramolecular Hbond substituents is 1. The van der Waals surface area contributed by atoms with Crippen LogP contribution in [0.15, 0.2) is 36.9 Å². The second-order valence-corrected chi connectivity index (χ2v) is 3.63. The van der Waals surface area contributed by atoms with Gasteiger partial charge in [0.2, 0.25) is 0 Å². The van der Waals surface area contributed by atoms with Gasteiger partial charge in [0.05, 0.1) is 0 Å². The van der Waals surface area contributed by atoms with E-state index in [4.69, 9.17) is 4.74 Å². The van der Waals surface area contributed by atoms with Gasteiger partial charge < -0.3 is 9.84 Å². The highest BCUT2D eigenvalue weighted by Gasteiger charge is 2.11. The minimum atomic E-state index is -0.492. The quantitative estimate of drug-likeness (QED) is 0.482. The number of hydrogen-bond donors (Lipinski definition) is 1. The number of esters is 1. The Morgan fingerprint density at radius 3 is 2.44 bits per heavy atom. The second kappa shape index (κ2) is 4.66. The summed E-state index contributed by atoms with van der Waals surface area (Å²) in [5.41, 5.74) is 1.63. The fourth-order valence-electron chi connectivity index (χ4n) is 1.13. The van der Waals surface area contributed by atoms with E-state index >= 15 is 0 Å². The van der Waals surface area contributed by atoms with Crippen LogP contribution in [-0.2, 0) is 4.79 Å². The molecule has 1 aromatic carbocycles. The third-order valence-electron chi connectivity index (χ3n) is 1.97. The van der Waals surface area contributed by atoms with Crippen molar-refractivity contribution in [2.24, 2.45) is 0 Å². The second-order valence-electron chi connectivity index (χ2n) is 3.63. The number of rotatable bonds is 3. The summed E-state index contributed by atoms with van der Waals surface area (Å²) in [7, 11) is 0. The summed E-state index contributed by atoms with van der Waals surface area (Å²) in [5, 5.41) is 9.33. The average molecular weight is 218 g/mol. The Morgan fingerprint density at radius 2 is 1.94 bits per heavy atom. The molecule has 0 saturated heterocycles. The molecular weight excluding hydrogens is 204 g/mol. The first kappa shape index (κ1) is 12.0. The molecule has 0 spiro atoms. The van der Waals surface area contributed by atoms with Crippen LogP contribution in [0, 0.1) is 0 Å². The molecule has 1 rings (SSSR count). The maximum absolute atomic E-state index is 11.4. The Kier molecular flexibility index (Phi) is 3.51. The van der Waals surface area contributed by atoms with Crippen molar-refractivity contribution in [2.45, 2.75) is 13.8 Å². The molecule has 84 valence electrons. The molecule has 0 atom stereocenters. The number of ether oxygens (including phenoxy) is 1. The molecule has 0 bridgehead atoms. The lowest BCUT2D eigenvalue weighted by Crippen LogP contribution is -2.09. The lowest BCUT2D eigenvalue weighted by molar-refractivity contribution is -0.130. The maximum atomic E-state index is 11.4. The van der Waals surface area contributed by atoms with E-state index in [9.17, 15) is 9.90 Å². The van der Waals surface area contributed by atoms with E-state index in [1.165, 1.54) is 18.2 Å². The standard InChI is InChI=1S/C13H14O3/c1-8(2)11-7-10(14)5-6-12(11)16-13(15)9(3)4/h5-7,14H,1,3H2,2,4H3. The smallest absolute Gasteiger partial charge is 0.338 e. The summed E-state index contributed by atoms with van der Waals surface area (Å²) in [6.45, 7) is 10.6. The van der Waals surface area contributed by atoms with E-state index in [1.54, 1.807) is 13.8 Å². The SMILES string of the molecule is C=C(C)C(=O)Oc1ccc(O)cc1C(=C)C. The van der Waals surface area contributed by atoms with Crippen LogP contribution in [0.25, 0.3) is 5.57 Å². The van der Waals surface area contributed by atoms with Crippen molar-refractivity contribution in [3.63, 3.8) is 0 Å². The van der Waals surface area contributed by atoms with Crippen LogP contribution in [0.1, 0.15) is 19.4 Å². The molecule has 0 saturated carbocycles. The van der Waals surface area contributed by atoms with Crippen molar-refractivity contribution >= 4 is 11.5 Å². The molecule has 0 unspecified atom stereocenters. The van der Waals surface area contributed by atoms with Gasteiger partial charge in [-0.25, -0.2) is 4.79 Å². The number of carbonyl (C=O) groups excluding carboxylic acids is 1. The number of hydrogen-bond acceptors (Lipinski definition) is 3. The van der Waals surface area contributed by atoms with Crippen LogP contribution in [-0.4, -0.2) is 11.1 Å². The number of allylic oxidation sites excluding steroid dienone is 1. The first-order valence-electron chi connectivity index (χ1n) is 4.78. The molecule has 3 nitrogen and oxygen atoms in total. The van der Waals surface area contributed by atoms with Crippen molar-refractivity contribution in [3.05, 3.63) is 42.5 Å². The molecule has 0 aliphatic heterocycles. The zero-order valence-corrected chi connectivity index (χ0v) is 9.41. The maximum Gasteiger partial charge on any atom is 0.338 e. The van der Waals surface area contributed by atoms with Crippen LogP contribution in [0.4, 0.5) is 0 Å². The van der Waals surface area contributed by atoms with Crippen molar-refractivity contribution in [1.29, 1.82) is 0 Å². The number of benzene rings is 1. The van der Waals surface area contributed by atoms with E-state index in [0.717, 1.165) is 0 Å². The van der Waals surface area contributed by atoms with Crippen LogP contribution in [0.5, 0.6) is 11.5 Å². The molecule has 1 aromatic rings. The Labute approximate surface area is 94.7 Å². The first-order chi connectivity index (χ1) is 7.41. The Morgan fingerprint density at radius 1 is 1.31 bits per heavy atom. The van der Waals surface area contributed by atoms with Gasteiger partial charge >= 0.3 is 5.97 Å². The van der Waals surface area contributed by atoms with Gasteiger partial charge in [-0.1, -0.05) is 13.2 Å². The topological polar surface area (TPSA) is 46.5 Å². The van der Waals surface area contributed by atoms with Gasteiger partial charge in [-0.15, -0.1) is 0 Å². The fraction of sp³-hybridized carbons (Fsp3) is 0.154. The highest BCUT2D eigenvalue weighted by molar-refractivity contribution is 5.89. The van der Waals surface area contributed by atoms with Gasteiger partial charge in [0.15, 0.2) is 0 Å². The van der Waals surface area contributed by atoms with E-state index in [0.29, 0.717) is 22.5 Å². The Hall–Kier alpha value is -2.03. The van der Waals surface area contributed by atoms with Gasteiger partial charge in [0, 0.05) is 11.1 Å². The average Bonchev–Trinajstić information content (AvgIpc) is 2.20. The highest BCUT2D eigenvalue weighted by atomic mass is 16.5. The molecule has 3 heteroatoms. The summed E-state index contributed by atoms with van der Waals surface area (Å²) >= 11 is 0. The monoisotopic (exact) mass is 218 g/mol. The zero-order chi connectivity index (χ0) is 12.3. The lowest BCUT2D eigenvalue weighted by Gasteiger charge is -2.10. The lowest BCUT2D eigenvalue weighted by atomic mass is 10.1. The van der Waals surface area contributed by atoms with Gasteiger partial charge in [-0.05, 0) is 37.6 Å². The third-order valence-corrected chi connectivity index (χ3v) is 1.97. The predicted octanol–water partition coefficient (Wildman–Crippen LogP) is 2.91. The van der Waals surface area contributed by atoms with Crippen LogP contribution in [0.3, 0.4) is 0 Å². The minimum absolute atomic E-state index is 0.105. The molecule has 0 aliphatic carbocycles. The summed E-state index contributed by atoms with van der Waals surface area (Å²) in [4.78, 5) is 11.4. The van der Waals surface area contributed by atoms with Crippen LogP contribution < -0.4 is 4.74 Å². The van der Waals surface area contributed by atoms with Crippen LogP contribution in [0.2, 0.25) is 0 Å². The molecule has 0 aliphatic rings. The minimum Gasteiger partial charge on any atom is -0.508 e. The molecular formula is C13H14O3. The molecule has 0 aromatic heterocycles. The van der Waals surface area contributed by atoms with Gasteiger partial charge in [0.25, 0.3) is 0 Å². The highest BCUT2D eigenvalue weighted by Crippen LogP contribution is 2.29. The molecule has 0 radical (unpaired) electrons. The summed E-state index contributed by atoms with van der Waals surface area (Å²) in [6, 6.07) is 4.48. The Bertz CT molecular complexity index is 458. The molecule has 0 heterocycles. The van der Waals surface area contributed by atoms with Crippen molar-refractivity contribution in [2.75, 3.05) is 0 Å². The van der Waals surface area contributed by atoms with Crippen LogP contribution >= 0.6 is 0 Å². The predicted molar refractivity (Wildman–Crippen MR) is 63.3 cm³/mol. The van der Waals surface area contributed by atoms with E-state index in [1.807, 2.05) is 0 Å². The Balaban J connectivity index is 3.09. The van der Waals surface area contributed by atoms with E-state index in [-0.39, 0.29) is 5.75 Å². The van der Waals surface area contributed by atoms with E-state index < -0.39 is 5.97 Å². The summed E-state index contributed by atoms with van der Waals surface area (Å²) < 4.78 is 5.11. The zero-order valence-electron chi connectivity index (χ0n) is 9.41. The number of aromatic hydroxyl groups is 1. The normalized spacial score (nSPS) is 9.62. The van der Waals surface area contributed by atoms with Crippen molar-refractivity contribution in [1.82, 2.24) is 0 Å². The fourth-order valence-corrected chi connectivity index (χ4v) is 1.13. The molecule has 16 heavy (non-hydrogen) atoms. The molecule has 1 N–H and O–H groups in total. The largest absolute Gasteiger partial charge is 0.508 e. The molecule has 0 amide bonds. The van der Waals surface area contributed by atoms with Gasteiger partial charge in [-0.3, -0.25) is 0 Å². The molecule has 0 fully saturated rings. The van der Waals surface area contributed by atoms with E-state index in [2.05, 4.69) is 13.2 Å². The summed E-state index contributed by atoms with van der Waals surface area (Å²) in [6.07, 6.45) is 0. The van der Waals surface area contributed by atoms with Gasteiger partial charge in [0.1, 0.15) is 11.5 Å². The van der Waals surface area contributed by atoms with Gasteiger partial charge in [-0.2, -0.15) is 0 Å². The third kappa shape index (κ3) is 2.73.